The summed E-state index contributed by atoms with van der Waals surface area (Å²) in [6, 6.07) is 18.0. The molecule has 3 rings (SSSR count). The van der Waals surface area contributed by atoms with Crippen molar-refractivity contribution in [2.24, 2.45) is 10.8 Å². The van der Waals surface area contributed by atoms with Crippen LogP contribution in [-0.4, -0.2) is 15.8 Å². The van der Waals surface area contributed by atoms with Gasteiger partial charge in [-0.3, -0.25) is 5.43 Å². The fourth-order valence-corrected chi connectivity index (χ4v) is 2.37. The van der Waals surface area contributed by atoms with Gasteiger partial charge in [0, 0.05) is 22.7 Å². The van der Waals surface area contributed by atoms with Crippen LogP contribution in [0.25, 0.3) is 17.0 Å². The number of aromatic amines is 1. The molecule has 0 aliphatic carbocycles. The molecule has 0 unspecified atom stereocenters. The van der Waals surface area contributed by atoms with Crippen LogP contribution < -0.4 is 11.2 Å². The third kappa shape index (κ3) is 3.64. The van der Waals surface area contributed by atoms with E-state index in [4.69, 9.17) is 18.0 Å². The Morgan fingerprint density at radius 2 is 1.83 bits per heavy atom. The number of fused-ring (bicyclic) bond motifs is 1. The number of thiocarbonyl (C=S) groups is 1. The van der Waals surface area contributed by atoms with Gasteiger partial charge in [0.25, 0.3) is 0 Å². The molecular weight excluding hydrogens is 304 g/mol. The van der Waals surface area contributed by atoms with E-state index in [0.29, 0.717) is 0 Å². The molecule has 0 aliphatic rings. The highest BCUT2D eigenvalue weighted by Gasteiger charge is 2.02. The minimum atomic E-state index is 0.138. The van der Waals surface area contributed by atoms with Crippen molar-refractivity contribution in [3.05, 3.63) is 78.0 Å². The fourth-order valence-electron chi connectivity index (χ4n) is 2.32. The zero-order valence-electron chi connectivity index (χ0n) is 12.4. The first-order valence-electron chi connectivity index (χ1n) is 7.17. The molecule has 1 heterocycles. The number of benzene rings is 2. The van der Waals surface area contributed by atoms with Crippen LogP contribution >= 0.6 is 12.2 Å². The number of allylic oxidation sites excluding steroid dienone is 1. The highest BCUT2D eigenvalue weighted by molar-refractivity contribution is 7.80. The zero-order valence-corrected chi connectivity index (χ0v) is 13.2. The smallest absolute Gasteiger partial charge is 0.184 e. The van der Waals surface area contributed by atoms with E-state index >= 15 is 0 Å². The molecule has 0 aliphatic heterocycles. The van der Waals surface area contributed by atoms with E-state index in [2.05, 4.69) is 21.6 Å². The lowest BCUT2D eigenvalue weighted by Gasteiger charge is -2.03. The Hall–Kier alpha value is -2.92. The van der Waals surface area contributed by atoms with Crippen molar-refractivity contribution in [1.29, 1.82) is 0 Å². The van der Waals surface area contributed by atoms with Crippen molar-refractivity contribution in [3.63, 3.8) is 0 Å². The van der Waals surface area contributed by atoms with Gasteiger partial charge in [-0.05, 0) is 29.9 Å². The molecule has 0 bridgehead atoms. The number of nitrogens with one attached hydrogen (secondary N) is 2. The standard InChI is InChI=1S/C18H16N4S/c19-18(23)22-21-16(13-6-2-1-3-7-13)11-10-14-12-20-17-9-5-4-8-15(14)17/h1-12,20H,(H3,19,22,23)/b11-10+,21-16-. The Bertz CT molecular complexity index is 878. The zero-order chi connectivity index (χ0) is 16.1. The first-order chi connectivity index (χ1) is 11.2. The fraction of sp³-hybridized carbons (Fsp3) is 0. The summed E-state index contributed by atoms with van der Waals surface area (Å²) >= 11 is 4.82. The molecule has 0 saturated heterocycles. The number of hydrogen-bond donors (Lipinski definition) is 3. The van der Waals surface area contributed by atoms with Crippen LogP contribution in [0.3, 0.4) is 0 Å². The average molecular weight is 320 g/mol. The van der Waals surface area contributed by atoms with Gasteiger partial charge in [-0.2, -0.15) is 5.10 Å². The summed E-state index contributed by atoms with van der Waals surface area (Å²) in [5, 5.41) is 5.58. The SMILES string of the molecule is NC(=S)N/N=C(/C=C/c1c[nH]c2ccccc12)c1ccccc1. The molecule has 0 saturated carbocycles. The van der Waals surface area contributed by atoms with Gasteiger partial charge in [0.05, 0.1) is 5.71 Å². The maximum atomic E-state index is 5.47. The van der Waals surface area contributed by atoms with Gasteiger partial charge in [-0.15, -0.1) is 0 Å². The topological polar surface area (TPSA) is 66.2 Å². The van der Waals surface area contributed by atoms with Gasteiger partial charge in [-0.1, -0.05) is 54.6 Å². The summed E-state index contributed by atoms with van der Waals surface area (Å²) < 4.78 is 0. The van der Waals surface area contributed by atoms with Crippen LogP contribution in [0.4, 0.5) is 0 Å². The lowest BCUT2D eigenvalue weighted by Crippen LogP contribution is -2.25. The van der Waals surface area contributed by atoms with Crippen molar-refractivity contribution in [3.8, 4) is 0 Å². The summed E-state index contributed by atoms with van der Waals surface area (Å²) in [6.07, 6.45) is 5.94. The van der Waals surface area contributed by atoms with Crippen LogP contribution in [0, 0.1) is 0 Å². The minimum absolute atomic E-state index is 0.138. The molecule has 114 valence electrons. The molecule has 23 heavy (non-hydrogen) atoms. The van der Waals surface area contributed by atoms with Crippen molar-refractivity contribution in [1.82, 2.24) is 10.4 Å². The Morgan fingerprint density at radius 1 is 1.09 bits per heavy atom. The molecule has 1 aromatic heterocycles. The summed E-state index contributed by atoms with van der Waals surface area (Å²) in [6.45, 7) is 0. The normalized spacial score (nSPS) is 11.9. The van der Waals surface area contributed by atoms with Crippen LogP contribution in [0.2, 0.25) is 0 Å². The van der Waals surface area contributed by atoms with Gasteiger partial charge in [0.2, 0.25) is 0 Å². The molecular formula is C18H16N4S. The number of aromatic nitrogens is 1. The molecule has 4 nitrogen and oxygen atoms in total. The Kier molecular flexibility index (Phi) is 4.49. The number of nitrogens with two attached hydrogens (primary N) is 1. The van der Waals surface area contributed by atoms with Crippen molar-refractivity contribution in [2.75, 3.05) is 0 Å². The van der Waals surface area contributed by atoms with E-state index in [1.54, 1.807) is 0 Å². The first-order valence-corrected chi connectivity index (χ1v) is 7.57. The van der Waals surface area contributed by atoms with Crippen molar-refractivity contribution >= 4 is 40.0 Å². The molecule has 3 aromatic rings. The maximum Gasteiger partial charge on any atom is 0.184 e. The number of H-pyrrole nitrogens is 1. The van der Waals surface area contributed by atoms with E-state index in [1.165, 1.54) is 5.39 Å². The highest BCUT2D eigenvalue weighted by Crippen LogP contribution is 2.19. The van der Waals surface area contributed by atoms with Gasteiger partial charge in [-0.25, -0.2) is 0 Å². The van der Waals surface area contributed by atoms with Gasteiger partial charge in [0.15, 0.2) is 5.11 Å². The largest absolute Gasteiger partial charge is 0.375 e. The first kappa shape index (κ1) is 15.0. The number of hydrogen-bond acceptors (Lipinski definition) is 2. The predicted octanol–water partition coefficient (Wildman–Crippen LogP) is 3.42. The van der Waals surface area contributed by atoms with E-state index in [1.807, 2.05) is 66.9 Å². The van der Waals surface area contributed by atoms with Crippen LogP contribution in [0.15, 0.2) is 72.0 Å². The molecule has 5 heteroatoms. The Morgan fingerprint density at radius 3 is 2.61 bits per heavy atom. The maximum absolute atomic E-state index is 5.47. The summed E-state index contributed by atoms with van der Waals surface area (Å²) in [4.78, 5) is 3.25. The summed E-state index contributed by atoms with van der Waals surface area (Å²) in [5.41, 5.74) is 12.1. The minimum Gasteiger partial charge on any atom is -0.375 e. The average Bonchev–Trinajstić information content (AvgIpc) is 2.99. The number of nitrogens with zero attached hydrogens (tertiary/aromatic N) is 1. The molecule has 0 fully saturated rings. The van der Waals surface area contributed by atoms with Crippen LogP contribution in [0.1, 0.15) is 11.1 Å². The molecule has 4 N–H and O–H groups in total. The lowest BCUT2D eigenvalue weighted by molar-refractivity contribution is 1.03. The Balaban J connectivity index is 1.94. The Labute approximate surface area is 139 Å². The number of para-hydroxylation sites is 1. The lowest BCUT2D eigenvalue weighted by atomic mass is 10.1. The molecule has 0 radical (unpaired) electrons. The van der Waals surface area contributed by atoms with Crippen LogP contribution in [-0.2, 0) is 0 Å². The quantitative estimate of drug-likeness (QED) is 0.392. The summed E-state index contributed by atoms with van der Waals surface area (Å²) in [5.74, 6) is 0. The molecule has 0 amide bonds. The van der Waals surface area contributed by atoms with E-state index in [0.717, 1.165) is 22.4 Å². The van der Waals surface area contributed by atoms with E-state index in [9.17, 15) is 0 Å². The van der Waals surface area contributed by atoms with E-state index in [-0.39, 0.29) is 5.11 Å². The number of rotatable bonds is 4. The monoisotopic (exact) mass is 320 g/mol. The second kappa shape index (κ2) is 6.89. The van der Waals surface area contributed by atoms with Crippen molar-refractivity contribution < 1.29 is 0 Å². The molecule has 0 spiro atoms. The predicted molar refractivity (Wildman–Crippen MR) is 100 cm³/mol. The molecule has 2 aromatic carbocycles. The number of hydrazone groups is 1. The summed E-state index contributed by atoms with van der Waals surface area (Å²) in [7, 11) is 0. The van der Waals surface area contributed by atoms with Gasteiger partial charge >= 0.3 is 0 Å². The third-order valence-corrected chi connectivity index (χ3v) is 3.49. The van der Waals surface area contributed by atoms with Crippen LogP contribution in [0.5, 0.6) is 0 Å². The van der Waals surface area contributed by atoms with E-state index < -0.39 is 0 Å². The molecule has 0 atom stereocenters. The van der Waals surface area contributed by atoms with Gasteiger partial charge < -0.3 is 10.7 Å². The second-order valence-corrected chi connectivity index (χ2v) is 5.40. The second-order valence-electron chi connectivity index (χ2n) is 4.96. The highest BCUT2D eigenvalue weighted by atomic mass is 32.1. The van der Waals surface area contributed by atoms with Gasteiger partial charge in [0.1, 0.15) is 0 Å². The third-order valence-electron chi connectivity index (χ3n) is 3.40. The van der Waals surface area contributed by atoms with Crippen molar-refractivity contribution in [2.45, 2.75) is 0 Å².